The maximum atomic E-state index is 3.53. The minimum atomic E-state index is 1.28. The molecule has 0 heterocycles. The molecule has 0 aliphatic carbocycles. The first-order chi connectivity index (χ1) is 7.70. The van der Waals surface area contributed by atoms with E-state index in [0.29, 0.717) is 0 Å². The Morgan fingerprint density at radius 3 is 2.00 bits per heavy atom. The van der Waals surface area contributed by atoms with Crippen LogP contribution in [-0.2, 0) is 0 Å². The number of hydrogen-bond donors (Lipinski definition) is 1. The average molecular weight is 233 g/mol. The molecule has 0 spiro atoms. The minimum Gasteiger partial charge on any atom is -0.377 e. The molecule has 0 atom stereocenters. The number of anilines is 1. The van der Waals surface area contributed by atoms with E-state index in [9.17, 15) is 0 Å². The van der Waals surface area contributed by atoms with Crippen molar-refractivity contribution in [3.8, 4) is 0 Å². The lowest BCUT2D eigenvalue weighted by Gasteiger charge is -2.16. The molecule has 0 saturated heterocycles. The zero-order valence-corrected chi connectivity index (χ0v) is 11.3. The van der Waals surface area contributed by atoms with Crippen LogP contribution in [0.4, 0.5) is 5.69 Å². The van der Waals surface area contributed by atoms with E-state index in [4.69, 9.17) is 0 Å². The van der Waals surface area contributed by atoms with Crippen molar-refractivity contribution in [2.24, 2.45) is 0 Å². The van der Waals surface area contributed by atoms with E-state index in [-0.39, 0.29) is 0 Å². The van der Waals surface area contributed by atoms with Gasteiger partial charge in [0.25, 0.3) is 0 Å². The highest BCUT2D eigenvalue weighted by Crippen LogP contribution is 2.27. The van der Waals surface area contributed by atoms with Crippen LogP contribution in [0, 0.1) is 6.92 Å². The lowest BCUT2D eigenvalue weighted by molar-refractivity contribution is 1.14. The predicted octanol–water partition coefficient (Wildman–Crippen LogP) is 3.76. The Morgan fingerprint density at radius 2 is 1.44 bits per heavy atom. The summed E-state index contributed by atoms with van der Waals surface area (Å²) < 4.78 is 0. The van der Waals surface area contributed by atoms with Crippen LogP contribution >= 0.6 is 12.6 Å². The maximum absolute atomic E-state index is 3.53. The van der Waals surface area contributed by atoms with Gasteiger partial charge in [-0.2, -0.15) is 12.6 Å². The average Bonchev–Trinajstić information content (AvgIpc) is 2.32. The fourth-order valence-electron chi connectivity index (χ4n) is 1.82. The lowest BCUT2D eigenvalue weighted by Crippen LogP contribution is -2.09. The van der Waals surface area contributed by atoms with E-state index in [1.54, 1.807) is 6.26 Å². The van der Waals surface area contributed by atoms with Crippen LogP contribution in [-0.4, -0.2) is 20.4 Å². The molecule has 0 N–H and O–H groups in total. The molecule has 0 bridgehead atoms. The number of aryl methyl sites for hydroxylation is 1. The Balaban J connectivity index is 0.000000606. The van der Waals surface area contributed by atoms with E-state index < -0.39 is 0 Å². The molecule has 0 fully saturated rings. The van der Waals surface area contributed by atoms with Gasteiger partial charge in [-0.1, -0.05) is 30.3 Å². The van der Waals surface area contributed by atoms with Gasteiger partial charge in [0.1, 0.15) is 0 Å². The van der Waals surface area contributed by atoms with Crippen LogP contribution in [0.25, 0.3) is 10.8 Å². The molecule has 0 aliphatic heterocycles. The summed E-state index contributed by atoms with van der Waals surface area (Å²) in [5.74, 6) is 0. The first-order valence-electron chi connectivity index (χ1n) is 5.30. The molecule has 0 amide bonds. The van der Waals surface area contributed by atoms with Crippen LogP contribution in [0.1, 0.15) is 5.56 Å². The summed E-state index contributed by atoms with van der Waals surface area (Å²) in [4.78, 5) is 2.15. The fourth-order valence-corrected chi connectivity index (χ4v) is 1.82. The van der Waals surface area contributed by atoms with Crippen LogP contribution < -0.4 is 4.90 Å². The number of thiol groups is 1. The smallest absolute Gasteiger partial charge is 0.0440 e. The standard InChI is InChI=1S/C13H15N.CH4S/c1-10-8-9-13(14(2)3)12-7-5-4-6-11(10)12;1-2/h4-9H,1-3H3;2H,1H3. The Bertz CT molecular complexity index is 463. The van der Waals surface area contributed by atoms with Crippen molar-refractivity contribution < 1.29 is 0 Å². The quantitative estimate of drug-likeness (QED) is 0.734. The topological polar surface area (TPSA) is 3.24 Å². The van der Waals surface area contributed by atoms with Crippen molar-refractivity contribution in [1.29, 1.82) is 0 Å². The molecule has 0 radical (unpaired) electrons. The van der Waals surface area contributed by atoms with Crippen LogP contribution in [0.15, 0.2) is 36.4 Å². The van der Waals surface area contributed by atoms with E-state index >= 15 is 0 Å². The summed E-state index contributed by atoms with van der Waals surface area (Å²) in [7, 11) is 4.16. The van der Waals surface area contributed by atoms with Gasteiger partial charge in [-0.25, -0.2) is 0 Å². The van der Waals surface area contributed by atoms with Crippen molar-refractivity contribution in [2.45, 2.75) is 6.92 Å². The van der Waals surface area contributed by atoms with Crippen molar-refractivity contribution in [3.05, 3.63) is 42.0 Å². The molecule has 16 heavy (non-hydrogen) atoms. The van der Waals surface area contributed by atoms with Gasteiger partial charge in [0.05, 0.1) is 0 Å². The number of fused-ring (bicyclic) bond motifs is 1. The maximum Gasteiger partial charge on any atom is 0.0440 e. The largest absolute Gasteiger partial charge is 0.377 e. The molecule has 86 valence electrons. The van der Waals surface area contributed by atoms with Gasteiger partial charge in [0.2, 0.25) is 0 Å². The molecule has 2 aromatic rings. The number of benzene rings is 2. The molecule has 0 aromatic heterocycles. The highest BCUT2D eigenvalue weighted by Gasteiger charge is 2.03. The molecule has 2 aromatic carbocycles. The second-order valence-electron chi connectivity index (χ2n) is 3.84. The Kier molecular flexibility index (Phi) is 4.69. The van der Waals surface area contributed by atoms with E-state index in [2.05, 4.69) is 74.9 Å². The van der Waals surface area contributed by atoms with Crippen molar-refractivity contribution in [3.63, 3.8) is 0 Å². The van der Waals surface area contributed by atoms with Gasteiger partial charge >= 0.3 is 0 Å². The Morgan fingerprint density at radius 1 is 0.875 bits per heavy atom. The van der Waals surface area contributed by atoms with Gasteiger partial charge in [0.15, 0.2) is 0 Å². The zero-order valence-electron chi connectivity index (χ0n) is 10.4. The van der Waals surface area contributed by atoms with Crippen LogP contribution in [0.5, 0.6) is 0 Å². The van der Waals surface area contributed by atoms with Gasteiger partial charge in [-0.3, -0.25) is 0 Å². The molecule has 2 heteroatoms. The molecule has 1 nitrogen and oxygen atoms in total. The predicted molar refractivity (Wildman–Crippen MR) is 77.9 cm³/mol. The molecule has 2 rings (SSSR count). The lowest BCUT2D eigenvalue weighted by atomic mass is 10.0. The second kappa shape index (κ2) is 5.80. The highest BCUT2D eigenvalue weighted by molar-refractivity contribution is 7.79. The third kappa shape index (κ3) is 2.50. The van der Waals surface area contributed by atoms with E-state index in [1.807, 2.05) is 0 Å². The van der Waals surface area contributed by atoms with E-state index in [1.165, 1.54) is 22.0 Å². The third-order valence-corrected chi connectivity index (χ3v) is 2.60. The number of nitrogens with zero attached hydrogens (tertiary/aromatic N) is 1. The summed E-state index contributed by atoms with van der Waals surface area (Å²) in [6.07, 6.45) is 1.69. The molecular weight excluding hydrogens is 214 g/mol. The van der Waals surface area contributed by atoms with E-state index in [0.717, 1.165) is 0 Å². The van der Waals surface area contributed by atoms with Crippen molar-refractivity contribution in [1.82, 2.24) is 0 Å². The number of hydrogen-bond acceptors (Lipinski definition) is 2. The monoisotopic (exact) mass is 233 g/mol. The summed E-state index contributed by atoms with van der Waals surface area (Å²) in [5, 5.41) is 2.68. The van der Waals surface area contributed by atoms with Gasteiger partial charge < -0.3 is 4.90 Å². The summed E-state index contributed by atoms with van der Waals surface area (Å²) in [5.41, 5.74) is 2.62. The minimum absolute atomic E-state index is 1.28. The Hall–Kier alpha value is -1.15. The van der Waals surface area contributed by atoms with Gasteiger partial charge in [-0.15, -0.1) is 0 Å². The molecule has 0 aliphatic rings. The molecule has 0 saturated carbocycles. The first-order valence-corrected chi connectivity index (χ1v) is 6.20. The molecular formula is C14H19NS. The second-order valence-corrected chi connectivity index (χ2v) is 3.84. The normalized spacial score (nSPS) is 9.56. The summed E-state index contributed by atoms with van der Waals surface area (Å²) in [6, 6.07) is 12.9. The van der Waals surface area contributed by atoms with Crippen molar-refractivity contribution in [2.75, 3.05) is 25.3 Å². The fraction of sp³-hybridized carbons (Fsp3) is 0.286. The van der Waals surface area contributed by atoms with Crippen LogP contribution in [0.2, 0.25) is 0 Å². The molecule has 0 unspecified atom stereocenters. The SMILES string of the molecule is CS.Cc1ccc(N(C)C)c2ccccc12. The zero-order chi connectivity index (χ0) is 12.1. The summed E-state index contributed by atoms with van der Waals surface area (Å²) >= 11 is 3.53. The van der Waals surface area contributed by atoms with Gasteiger partial charge in [-0.05, 0) is 30.2 Å². The third-order valence-electron chi connectivity index (χ3n) is 2.60. The Labute approximate surface area is 103 Å². The van der Waals surface area contributed by atoms with Crippen LogP contribution in [0.3, 0.4) is 0 Å². The highest BCUT2D eigenvalue weighted by atomic mass is 32.1. The first kappa shape index (κ1) is 12.9. The summed E-state index contributed by atoms with van der Waals surface area (Å²) in [6.45, 7) is 2.15. The number of rotatable bonds is 1. The van der Waals surface area contributed by atoms with Crippen molar-refractivity contribution >= 4 is 29.1 Å². The van der Waals surface area contributed by atoms with Gasteiger partial charge in [0, 0.05) is 25.2 Å².